The lowest BCUT2D eigenvalue weighted by atomic mass is 10.1. The van der Waals surface area contributed by atoms with Gasteiger partial charge in [-0.15, -0.1) is 0 Å². The number of carbonyl (C=O) groups excluding carboxylic acids is 1. The summed E-state index contributed by atoms with van der Waals surface area (Å²) in [6, 6.07) is 5.44. The van der Waals surface area contributed by atoms with Crippen molar-refractivity contribution in [2.24, 2.45) is 0 Å². The van der Waals surface area contributed by atoms with E-state index in [9.17, 15) is 4.79 Å². The zero-order valence-corrected chi connectivity index (χ0v) is 13.7. The number of rotatable bonds is 1. The minimum absolute atomic E-state index is 0.0671. The van der Waals surface area contributed by atoms with Crippen LogP contribution in [0.25, 0.3) is 0 Å². The van der Waals surface area contributed by atoms with Gasteiger partial charge in [0.05, 0.1) is 10.0 Å². The number of halogens is 1. The Labute approximate surface area is 127 Å². The summed E-state index contributed by atoms with van der Waals surface area (Å²) in [6.07, 6.45) is 1.02. The first-order valence-corrected chi connectivity index (χ1v) is 8.16. The largest absolute Gasteiger partial charge is 0.398 e. The molecular formula is C14H19BrN2OS. The molecule has 19 heavy (non-hydrogen) atoms. The fourth-order valence-corrected chi connectivity index (χ4v) is 3.64. The van der Waals surface area contributed by atoms with Crippen molar-refractivity contribution in [3.8, 4) is 0 Å². The lowest BCUT2D eigenvalue weighted by Crippen LogP contribution is -2.33. The van der Waals surface area contributed by atoms with E-state index in [2.05, 4.69) is 29.8 Å². The second kappa shape index (κ2) is 5.75. The Kier molecular flexibility index (Phi) is 4.46. The monoisotopic (exact) mass is 342 g/mol. The predicted octanol–water partition coefficient (Wildman–Crippen LogP) is 3.39. The van der Waals surface area contributed by atoms with Gasteiger partial charge < -0.3 is 10.6 Å². The summed E-state index contributed by atoms with van der Waals surface area (Å²) in [6.45, 7) is 6.08. The maximum Gasteiger partial charge on any atom is 0.255 e. The van der Waals surface area contributed by atoms with Gasteiger partial charge >= 0.3 is 0 Å². The van der Waals surface area contributed by atoms with Crippen LogP contribution >= 0.6 is 27.7 Å². The number of nitrogens with two attached hydrogens (primary N) is 1. The van der Waals surface area contributed by atoms with Gasteiger partial charge in [-0.2, -0.15) is 11.8 Å². The second-order valence-corrected chi connectivity index (χ2v) is 7.95. The van der Waals surface area contributed by atoms with E-state index in [0.717, 1.165) is 25.3 Å². The summed E-state index contributed by atoms with van der Waals surface area (Å²) in [5.74, 6) is 1.05. The molecule has 0 atom stereocenters. The first-order valence-electron chi connectivity index (χ1n) is 6.38. The minimum atomic E-state index is 0.0671. The van der Waals surface area contributed by atoms with E-state index < -0.39 is 0 Å². The fraction of sp³-hybridized carbons (Fsp3) is 0.500. The highest BCUT2D eigenvalue weighted by atomic mass is 79.9. The van der Waals surface area contributed by atoms with Crippen LogP contribution in [0.5, 0.6) is 0 Å². The van der Waals surface area contributed by atoms with Crippen LogP contribution in [0.4, 0.5) is 5.69 Å². The Bertz CT molecular complexity index is 490. The molecule has 1 heterocycles. The summed E-state index contributed by atoms with van der Waals surface area (Å²) >= 11 is 5.35. The highest BCUT2D eigenvalue weighted by molar-refractivity contribution is 9.10. The molecule has 0 radical (unpaired) electrons. The van der Waals surface area contributed by atoms with Crippen molar-refractivity contribution in [1.29, 1.82) is 0 Å². The zero-order chi connectivity index (χ0) is 14.0. The molecule has 1 aromatic rings. The van der Waals surface area contributed by atoms with Crippen LogP contribution in [0.1, 0.15) is 30.6 Å². The van der Waals surface area contributed by atoms with Crippen molar-refractivity contribution >= 4 is 39.3 Å². The van der Waals surface area contributed by atoms with Gasteiger partial charge in [0, 0.05) is 29.3 Å². The van der Waals surface area contributed by atoms with Crippen molar-refractivity contribution in [3.05, 3.63) is 28.2 Å². The molecular weight excluding hydrogens is 324 g/mol. The molecule has 104 valence electrons. The van der Waals surface area contributed by atoms with Gasteiger partial charge in [-0.25, -0.2) is 0 Å². The first kappa shape index (κ1) is 14.7. The number of carbonyl (C=O) groups is 1. The molecule has 1 saturated heterocycles. The van der Waals surface area contributed by atoms with E-state index in [1.165, 1.54) is 0 Å². The van der Waals surface area contributed by atoms with Gasteiger partial charge in [-0.05, 0) is 34.5 Å². The molecule has 2 rings (SSSR count). The molecule has 1 aromatic carbocycles. The number of anilines is 1. The molecule has 0 aromatic heterocycles. The maximum absolute atomic E-state index is 12.6. The topological polar surface area (TPSA) is 46.3 Å². The van der Waals surface area contributed by atoms with Crippen molar-refractivity contribution in [2.45, 2.75) is 25.0 Å². The molecule has 0 bridgehead atoms. The standard InChI is InChI=1S/C14H19BrN2OS/c1-14(2)6-7-17(8-9-19-14)13(18)10-4-3-5-11(16)12(10)15/h3-5H,6-9,16H2,1-2H3. The predicted molar refractivity (Wildman–Crippen MR) is 85.6 cm³/mol. The van der Waals surface area contributed by atoms with Gasteiger partial charge in [0.1, 0.15) is 0 Å². The molecule has 2 N–H and O–H groups in total. The smallest absolute Gasteiger partial charge is 0.255 e. The SMILES string of the molecule is CC1(C)CCN(C(=O)c2cccc(N)c2Br)CCS1. The average molecular weight is 343 g/mol. The van der Waals surface area contributed by atoms with Crippen LogP contribution in [0, 0.1) is 0 Å². The van der Waals surface area contributed by atoms with Gasteiger partial charge in [-0.1, -0.05) is 19.9 Å². The summed E-state index contributed by atoms with van der Waals surface area (Å²) in [5, 5.41) is 0. The summed E-state index contributed by atoms with van der Waals surface area (Å²) in [4.78, 5) is 14.5. The summed E-state index contributed by atoms with van der Waals surface area (Å²) in [7, 11) is 0. The van der Waals surface area contributed by atoms with Crippen molar-refractivity contribution in [1.82, 2.24) is 4.90 Å². The molecule has 0 spiro atoms. The quantitative estimate of drug-likeness (QED) is 0.795. The number of thioether (sulfide) groups is 1. The molecule has 5 heteroatoms. The van der Waals surface area contributed by atoms with Crippen LogP contribution < -0.4 is 5.73 Å². The molecule has 1 amide bonds. The van der Waals surface area contributed by atoms with Crippen LogP contribution in [-0.2, 0) is 0 Å². The number of nitrogens with zero attached hydrogens (tertiary/aromatic N) is 1. The zero-order valence-electron chi connectivity index (χ0n) is 11.3. The van der Waals surface area contributed by atoms with Gasteiger partial charge in [0.25, 0.3) is 5.91 Å². The van der Waals surface area contributed by atoms with Crippen molar-refractivity contribution in [2.75, 3.05) is 24.6 Å². The van der Waals surface area contributed by atoms with Crippen LogP contribution in [0.15, 0.2) is 22.7 Å². The third-order valence-electron chi connectivity index (χ3n) is 3.38. The third-order valence-corrected chi connectivity index (χ3v) is 5.64. The molecule has 1 aliphatic heterocycles. The van der Waals surface area contributed by atoms with Gasteiger partial charge in [0.15, 0.2) is 0 Å². The van der Waals surface area contributed by atoms with E-state index in [0.29, 0.717) is 15.7 Å². The average Bonchev–Trinajstić information content (AvgIpc) is 2.53. The van der Waals surface area contributed by atoms with Gasteiger partial charge in [-0.3, -0.25) is 4.79 Å². The van der Waals surface area contributed by atoms with Crippen molar-refractivity contribution < 1.29 is 4.79 Å². The van der Waals surface area contributed by atoms with E-state index in [1.807, 2.05) is 28.8 Å². The molecule has 0 aliphatic carbocycles. The number of hydrogen-bond acceptors (Lipinski definition) is 3. The molecule has 1 fully saturated rings. The van der Waals surface area contributed by atoms with E-state index in [4.69, 9.17) is 5.73 Å². The number of hydrogen-bond donors (Lipinski definition) is 1. The molecule has 0 unspecified atom stereocenters. The minimum Gasteiger partial charge on any atom is -0.398 e. The van der Waals surface area contributed by atoms with Gasteiger partial charge in [0.2, 0.25) is 0 Å². The third kappa shape index (κ3) is 3.45. The number of nitrogen functional groups attached to an aromatic ring is 1. The summed E-state index contributed by atoms with van der Waals surface area (Å²) in [5.41, 5.74) is 7.10. The Balaban J connectivity index is 2.18. The highest BCUT2D eigenvalue weighted by Gasteiger charge is 2.27. The van der Waals surface area contributed by atoms with E-state index in [-0.39, 0.29) is 10.7 Å². The molecule has 0 saturated carbocycles. The lowest BCUT2D eigenvalue weighted by Gasteiger charge is -2.23. The van der Waals surface area contributed by atoms with E-state index >= 15 is 0 Å². The summed E-state index contributed by atoms with van der Waals surface area (Å²) < 4.78 is 0.957. The van der Waals surface area contributed by atoms with E-state index in [1.54, 1.807) is 6.07 Å². The first-order chi connectivity index (χ1) is 8.91. The Morgan fingerprint density at radius 3 is 2.89 bits per heavy atom. The second-order valence-electron chi connectivity index (χ2n) is 5.36. The van der Waals surface area contributed by atoms with Crippen molar-refractivity contribution in [3.63, 3.8) is 0 Å². The highest BCUT2D eigenvalue weighted by Crippen LogP contribution is 2.32. The molecule has 1 aliphatic rings. The van der Waals surface area contributed by atoms with Crippen LogP contribution in [-0.4, -0.2) is 34.4 Å². The number of benzene rings is 1. The lowest BCUT2D eigenvalue weighted by molar-refractivity contribution is 0.0763. The molecule has 3 nitrogen and oxygen atoms in total. The number of amides is 1. The van der Waals surface area contributed by atoms with Crippen LogP contribution in [0.2, 0.25) is 0 Å². The Morgan fingerprint density at radius 2 is 2.16 bits per heavy atom. The normalized spacial score (nSPS) is 19.0. The van der Waals surface area contributed by atoms with Crippen LogP contribution in [0.3, 0.4) is 0 Å². The Morgan fingerprint density at radius 1 is 1.42 bits per heavy atom. The fourth-order valence-electron chi connectivity index (χ4n) is 2.11. The maximum atomic E-state index is 12.6. The Hall–Kier alpha value is -0.680.